The maximum absolute atomic E-state index is 7.18. The Hall–Kier alpha value is -1.01. The molecule has 0 spiro atoms. The summed E-state index contributed by atoms with van der Waals surface area (Å²) >= 11 is 3.09. The molecular formula is C16H27N2S+. The van der Waals surface area contributed by atoms with E-state index in [9.17, 15) is 0 Å². The molecule has 106 valence electrons. The second-order valence-electron chi connectivity index (χ2n) is 4.84. The van der Waals surface area contributed by atoms with Crippen molar-refractivity contribution in [1.29, 1.82) is 5.26 Å². The number of thiocyanates is 1. The number of aryl methyl sites for hydroxylation is 2. The van der Waals surface area contributed by atoms with Crippen LogP contribution < -0.4 is 4.57 Å². The first-order chi connectivity index (χ1) is 9.17. The number of unbranched alkanes of at least 4 members (excludes halogenated alkanes) is 5. The topological polar surface area (TPSA) is 27.7 Å². The van der Waals surface area contributed by atoms with Crippen LogP contribution in [-0.2, 0) is 6.54 Å². The maximum atomic E-state index is 7.18. The zero-order valence-electron chi connectivity index (χ0n) is 12.5. The molecule has 0 aliphatic rings. The van der Waals surface area contributed by atoms with E-state index in [2.05, 4.69) is 56.3 Å². The van der Waals surface area contributed by atoms with Crippen LogP contribution in [0.3, 0.4) is 0 Å². The van der Waals surface area contributed by atoms with E-state index in [0.717, 1.165) is 0 Å². The van der Waals surface area contributed by atoms with Crippen LogP contribution in [0.15, 0.2) is 18.3 Å². The van der Waals surface area contributed by atoms with Crippen LogP contribution in [0, 0.1) is 24.5 Å². The molecule has 0 amide bonds. The molecule has 0 bridgehead atoms. The van der Waals surface area contributed by atoms with Crippen LogP contribution in [0.4, 0.5) is 0 Å². The van der Waals surface area contributed by atoms with Crippen LogP contribution in [0.2, 0.25) is 0 Å². The summed E-state index contributed by atoms with van der Waals surface area (Å²) in [4.78, 5) is 0. The number of hydrogen-bond acceptors (Lipinski definition) is 2. The molecule has 0 atom stereocenters. The highest BCUT2D eigenvalue weighted by molar-refractivity contribution is 7.85. The van der Waals surface area contributed by atoms with E-state index >= 15 is 0 Å². The van der Waals surface area contributed by atoms with Gasteiger partial charge in [0.2, 0.25) is 0 Å². The average Bonchev–Trinajstić information content (AvgIpc) is 2.39. The summed E-state index contributed by atoms with van der Waals surface area (Å²) in [5.41, 5.74) is 2.81. The predicted molar refractivity (Wildman–Crippen MR) is 84.1 cm³/mol. The Bertz CT molecular complexity index is 383. The van der Waals surface area contributed by atoms with Gasteiger partial charge < -0.3 is 0 Å². The van der Waals surface area contributed by atoms with Gasteiger partial charge in [0.1, 0.15) is 11.9 Å². The Morgan fingerprint density at radius 2 is 1.74 bits per heavy atom. The number of aromatic nitrogens is 1. The highest BCUT2D eigenvalue weighted by Gasteiger charge is 2.06. The van der Waals surface area contributed by atoms with Crippen molar-refractivity contribution in [2.75, 3.05) is 0 Å². The first-order valence-corrected chi connectivity index (χ1v) is 7.60. The standard InChI is InChI=1S/C15H26N.CHNS/c1-4-5-6-7-8-9-12-16-13-10-11-14(2)15(16)3;2-1-3/h10-11,13H,4-9,12H2,1-3H3;3H/q+1;. The lowest BCUT2D eigenvalue weighted by atomic mass is 10.1. The highest BCUT2D eigenvalue weighted by atomic mass is 32.1. The van der Waals surface area contributed by atoms with Crippen molar-refractivity contribution in [3.05, 3.63) is 29.6 Å². The fraction of sp³-hybridized carbons (Fsp3) is 0.625. The van der Waals surface area contributed by atoms with E-state index in [-0.39, 0.29) is 0 Å². The van der Waals surface area contributed by atoms with E-state index in [0.29, 0.717) is 0 Å². The lowest BCUT2D eigenvalue weighted by molar-refractivity contribution is -0.703. The molecule has 0 N–H and O–H groups in total. The lowest BCUT2D eigenvalue weighted by Gasteiger charge is -2.03. The van der Waals surface area contributed by atoms with E-state index in [1.807, 2.05) is 0 Å². The minimum Gasteiger partial charge on any atom is -0.202 e. The van der Waals surface area contributed by atoms with Crippen molar-refractivity contribution in [2.45, 2.75) is 65.8 Å². The molecule has 0 saturated heterocycles. The molecule has 0 aliphatic heterocycles. The van der Waals surface area contributed by atoms with Crippen LogP contribution in [0.1, 0.15) is 56.7 Å². The monoisotopic (exact) mass is 279 g/mol. The Balaban J connectivity index is 0.000000982. The summed E-state index contributed by atoms with van der Waals surface area (Å²) in [6.07, 6.45) is 10.4. The lowest BCUT2D eigenvalue weighted by Crippen LogP contribution is -2.37. The number of nitrogens with zero attached hydrogens (tertiary/aromatic N) is 2. The maximum Gasteiger partial charge on any atom is 0.181 e. The van der Waals surface area contributed by atoms with Crippen LogP contribution in [0.5, 0.6) is 0 Å². The molecule has 0 aliphatic carbocycles. The summed E-state index contributed by atoms with van der Waals surface area (Å²) < 4.78 is 2.38. The Morgan fingerprint density at radius 3 is 2.37 bits per heavy atom. The van der Waals surface area contributed by atoms with Crippen molar-refractivity contribution in [1.82, 2.24) is 0 Å². The van der Waals surface area contributed by atoms with Gasteiger partial charge in [0.05, 0.1) is 0 Å². The van der Waals surface area contributed by atoms with Crippen LogP contribution in [0.25, 0.3) is 0 Å². The van der Waals surface area contributed by atoms with Crippen molar-refractivity contribution in [2.24, 2.45) is 0 Å². The normalized spacial score (nSPS) is 9.42. The van der Waals surface area contributed by atoms with Gasteiger partial charge in [0.15, 0.2) is 11.9 Å². The molecule has 0 unspecified atom stereocenters. The minimum atomic E-state index is 1.18. The number of pyridine rings is 1. The third-order valence-corrected chi connectivity index (χ3v) is 3.37. The molecule has 0 aromatic carbocycles. The average molecular weight is 279 g/mol. The van der Waals surface area contributed by atoms with E-state index in [1.165, 1.54) is 61.7 Å². The van der Waals surface area contributed by atoms with Gasteiger partial charge in [-0.05, 0) is 19.4 Å². The van der Waals surface area contributed by atoms with Gasteiger partial charge in [-0.2, -0.15) is 5.26 Å². The molecule has 1 heterocycles. The van der Waals surface area contributed by atoms with Gasteiger partial charge in [-0.15, -0.1) is 0 Å². The number of rotatable bonds is 7. The SMILES string of the molecule is CCCCCCCC[n+]1cccc(C)c1C.N#CS. The summed E-state index contributed by atoms with van der Waals surface area (Å²) in [6, 6.07) is 4.34. The molecule has 1 aromatic rings. The van der Waals surface area contributed by atoms with E-state index < -0.39 is 0 Å². The van der Waals surface area contributed by atoms with E-state index in [4.69, 9.17) is 5.26 Å². The van der Waals surface area contributed by atoms with Gasteiger partial charge in [-0.25, -0.2) is 4.57 Å². The summed E-state index contributed by atoms with van der Waals surface area (Å²) in [7, 11) is 0. The highest BCUT2D eigenvalue weighted by Crippen LogP contribution is 2.05. The first kappa shape index (κ1) is 18.0. The molecule has 0 radical (unpaired) electrons. The molecule has 2 nitrogen and oxygen atoms in total. The summed E-state index contributed by atoms with van der Waals surface area (Å²) in [5.74, 6) is 0. The zero-order valence-corrected chi connectivity index (χ0v) is 13.4. The van der Waals surface area contributed by atoms with Crippen molar-refractivity contribution in [3.8, 4) is 5.40 Å². The smallest absolute Gasteiger partial charge is 0.181 e. The van der Waals surface area contributed by atoms with E-state index in [1.54, 1.807) is 0 Å². The molecule has 0 fully saturated rings. The van der Waals surface area contributed by atoms with Crippen molar-refractivity contribution < 1.29 is 4.57 Å². The summed E-state index contributed by atoms with van der Waals surface area (Å²) in [6.45, 7) is 7.85. The van der Waals surface area contributed by atoms with Gasteiger partial charge in [0.25, 0.3) is 0 Å². The zero-order chi connectivity index (χ0) is 14.5. The first-order valence-electron chi connectivity index (χ1n) is 7.16. The van der Waals surface area contributed by atoms with Gasteiger partial charge >= 0.3 is 0 Å². The number of hydrogen-bond donors (Lipinski definition) is 1. The molecular weight excluding hydrogens is 252 g/mol. The quantitative estimate of drug-likeness (QED) is 0.342. The Labute approximate surface area is 123 Å². The van der Waals surface area contributed by atoms with Gasteiger partial charge in [-0.3, -0.25) is 0 Å². The molecule has 0 saturated carbocycles. The van der Waals surface area contributed by atoms with Crippen LogP contribution >= 0.6 is 12.6 Å². The Kier molecular flexibility index (Phi) is 11.4. The molecule has 1 rings (SSSR count). The fourth-order valence-corrected chi connectivity index (χ4v) is 2.05. The largest absolute Gasteiger partial charge is 0.202 e. The predicted octanol–water partition coefficient (Wildman–Crippen LogP) is 4.35. The van der Waals surface area contributed by atoms with Crippen molar-refractivity contribution in [3.63, 3.8) is 0 Å². The molecule has 3 heteroatoms. The Morgan fingerprint density at radius 1 is 1.16 bits per heavy atom. The van der Waals surface area contributed by atoms with Crippen LogP contribution in [-0.4, -0.2) is 0 Å². The van der Waals surface area contributed by atoms with Crippen molar-refractivity contribution >= 4 is 12.6 Å². The summed E-state index contributed by atoms with van der Waals surface area (Å²) in [5, 5.41) is 8.63. The third kappa shape index (κ3) is 8.67. The second-order valence-corrected chi connectivity index (χ2v) is 5.04. The minimum absolute atomic E-state index is 1.18. The number of thiol groups is 1. The fourth-order valence-electron chi connectivity index (χ4n) is 2.05. The number of nitriles is 1. The van der Waals surface area contributed by atoms with Gasteiger partial charge in [-0.1, -0.05) is 45.2 Å². The molecule has 19 heavy (non-hydrogen) atoms. The molecule has 1 aromatic heterocycles. The van der Waals surface area contributed by atoms with Gasteiger partial charge in [0, 0.05) is 25.0 Å². The third-order valence-electron chi connectivity index (χ3n) is 3.37. The second kappa shape index (κ2) is 12.0.